The van der Waals surface area contributed by atoms with Gasteiger partial charge in [-0.2, -0.15) is 9.97 Å². The first-order valence-electron chi connectivity index (χ1n) is 10.1. The highest BCUT2D eigenvalue weighted by atomic mass is 35.5. The fraction of sp³-hybridized carbons (Fsp3) is 0.300. The molecule has 12 heteroatoms. The van der Waals surface area contributed by atoms with Crippen LogP contribution < -0.4 is 16.8 Å². The van der Waals surface area contributed by atoms with E-state index in [0.717, 1.165) is 30.4 Å². The fourth-order valence-electron chi connectivity index (χ4n) is 4.13. The number of aromatic nitrogens is 5. The molecule has 32 heavy (non-hydrogen) atoms. The van der Waals surface area contributed by atoms with Crippen molar-refractivity contribution in [1.82, 2.24) is 24.5 Å². The van der Waals surface area contributed by atoms with Crippen molar-refractivity contribution in [3.8, 4) is 0 Å². The molecule has 0 aliphatic heterocycles. The van der Waals surface area contributed by atoms with Crippen molar-refractivity contribution in [2.75, 3.05) is 11.1 Å². The van der Waals surface area contributed by atoms with E-state index >= 15 is 0 Å². The van der Waals surface area contributed by atoms with Crippen LogP contribution in [0.4, 0.5) is 10.9 Å². The number of hydrogen-bond acceptors (Lipinski definition) is 8. The van der Waals surface area contributed by atoms with Crippen LogP contribution in [0.5, 0.6) is 0 Å². The van der Waals surface area contributed by atoms with Gasteiger partial charge in [-0.1, -0.05) is 11.3 Å². The first kappa shape index (κ1) is 20.6. The molecule has 0 saturated heterocycles. The van der Waals surface area contributed by atoms with Gasteiger partial charge in [0.2, 0.25) is 17.1 Å². The summed E-state index contributed by atoms with van der Waals surface area (Å²) in [5.41, 5.74) is 13.5. The largest absolute Gasteiger partial charge is 0.382 e. The third kappa shape index (κ3) is 3.73. The molecule has 0 atom stereocenters. The predicted molar refractivity (Wildman–Crippen MR) is 123 cm³/mol. The number of nitrogens with one attached hydrogen (secondary N) is 1. The van der Waals surface area contributed by atoms with Crippen molar-refractivity contribution in [2.45, 2.75) is 31.7 Å². The van der Waals surface area contributed by atoms with Crippen molar-refractivity contribution in [3.05, 3.63) is 35.4 Å². The molecule has 1 aromatic carbocycles. The van der Waals surface area contributed by atoms with Crippen molar-refractivity contribution >= 4 is 67.1 Å². The highest BCUT2D eigenvalue weighted by Gasteiger charge is 2.29. The summed E-state index contributed by atoms with van der Waals surface area (Å²) >= 11 is 7.28. The van der Waals surface area contributed by atoms with Crippen LogP contribution in [-0.4, -0.2) is 36.3 Å². The number of hydrogen-bond donors (Lipinski definition) is 3. The van der Waals surface area contributed by atoms with Gasteiger partial charge in [-0.15, -0.1) is 0 Å². The minimum Gasteiger partial charge on any atom is -0.382 e. The summed E-state index contributed by atoms with van der Waals surface area (Å²) in [7, 11) is 0. The summed E-state index contributed by atoms with van der Waals surface area (Å²) in [5, 5.41) is 3.52. The molecule has 1 fully saturated rings. The van der Waals surface area contributed by atoms with Gasteiger partial charge >= 0.3 is 0 Å². The Bertz CT molecular complexity index is 1360. The first-order chi connectivity index (χ1) is 15.4. The van der Waals surface area contributed by atoms with Gasteiger partial charge in [-0.05, 0) is 55.5 Å². The van der Waals surface area contributed by atoms with Crippen LogP contribution in [0.25, 0.3) is 21.4 Å². The Morgan fingerprint density at radius 2 is 1.94 bits per heavy atom. The molecule has 1 aliphatic rings. The Morgan fingerprint density at radius 3 is 2.69 bits per heavy atom. The lowest BCUT2D eigenvalue weighted by atomic mass is 9.85. The van der Waals surface area contributed by atoms with Crippen LogP contribution in [0.1, 0.15) is 42.1 Å². The van der Waals surface area contributed by atoms with E-state index in [1.807, 2.05) is 4.57 Å². The molecule has 1 saturated carbocycles. The quantitative estimate of drug-likeness (QED) is 0.387. The number of rotatable bonds is 4. The Kier molecular flexibility index (Phi) is 5.14. The minimum absolute atomic E-state index is 0.0530. The second-order valence-corrected chi connectivity index (χ2v) is 9.13. The highest BCUT2D eigenvalue weighted by Crippen LogP contribution is 2.35. The first-order valence-corrected chi connectivity index (χ1v) is 11.3. The number of halogens is 1. The van der Waals surface area contributed by atoms with Gasteiger partial charge in [0.05, 0.1) is 16.5 Å². The lowest BCUT2D eigenvalue weighted by Gasteiger charge is -2.28. The number of carbonyl (C=O) groups excluding carboxylic acids is 2. The second-order valence-electron chi connectivity index (χ2n) is 7.76. The lowest BCUT2D eigenvalue weighted by molar-refractivity contribution is -0.120. The summed E-state index contributed by atoms with van der Waals surface area (Å²) in [6, 6.07) is 5.20. The maximum atomic E-state index is 12.8. The second kappa shape index (κ2) is 7.99. The topological polar surface area (TPSA) is 155 Å². The van der Waals surface area contributed by atoms with Gasteiger partial charge in [-0.25, -0.2) is 9.97 Å². The summed E-state index contributed by atoms with van der Waals surface area (Å²) < 4.78 is 2.77. The number of nitrogens with two attached hydrogens (primary N) is 2. The molecular formula is C20H19ClN8O2S. The van der Waals surface area contributed by atoms with Gasteiger partial charge in [0.15, 0.2) is 16.6 Å². The number of carbonyl (C=O) groups is 2. The Morgan fingerprint density at radius 1 is 1.16 bits per heavy atom. The molecule has 164 valence electrons. The highest BCUT2D eigenvalue weighted by molar-refractivity contribution is 7.22. The summed E-state index contributed by atoms with van der Waals surface area (Å²) in [6.45, 7) is 0. The van der Waals surface area contributed by atoms with E-state index in [1.54, 1.807) is 24.5 Å². The zero-order valence-electron chi connectivity index (χ0n) is 16.8. The summed E-state index contributed by atoms with van der Waals surface area (Å²) in [6.07, 6.45) is 4.75. The van der Waals surface area contributed by atoms with E-state index in [4.69, 9.17) is 23.1 Å². The van der Waals surface area contributed by atoms with Crippen molar-refractivity contribution in [1.29, 1.82) is 0 Å². The van der Waals surface area contributed by atoms with Gasteiger partial charge in [-0.3, -0.25) is 9.59 Å². The third-order valence-corrected chi connectivity index (χ3v) is 6.89. The number of imidazole rings is 1. The number of amides is 2. The lowest BCUT2D eigenvalue weighted by Crippen LogP contribution is -2.28. The van der Waals surface area contributed by atoms with Crippen molar-refractivity contribution < 1.29 is 9.59 Å². The standard InChI is InChI=1S/C20H19ClN8O2S/c21-19-26-15(22)14-17(27-19)29(8-24-14)11-4-1-9(2-5-11)18(31)28-20-25-12-6-3-10(16(23)30)7-13(12)32-20/h3,6-9,11H,1-2,4-5H2,(H2,23,30)(H2,22,26,27)(H,25,28,31)/t9-,11+. The molecule has 3 aromatic heterocycles. The van der Waals surface area contributed by atoms with Gasteiger partial charge in [0, 0.05) is 17.5 Å². The van der Waals surface area contributed by atoms with Crippen LogP contribution in [0.2, 0.25) is 5.28 Å². The molecule has 0 spiro atoms. The van der Waals surface area contributed by atoms with Crippen LogP contribution >= 0.6 is 22.9 Å². The Balaban J connectivity index is 1.26. The van der Waals surface area contributed by atoms with Crippen molar-refractivity contribution in [2.24, 2.45) is 11.7 Å². The normalized spacial score (nSPS) is 18.8. The number of thiazole rings is 1. The number of nitrogens with zero attached hydrogens (tertiary/aromatic N) is 5. The Labute approximate surface area is 191 Å². The molecule has 1 aliphatic carbocycles. The average molecular weight is 471 g/mol. The fourth-order valence-corrected chi connectivity index (χ4v) is 5.21. The molecule has 2 amide bonds. The van der Waals surface area contributed by atoms with Gasteiger partial charge in [0.25, 0.3) is 0 Å². The third-order valence-electron chi connectivity index (χ3n) is 5.79. The smallest absolute Gasteiger partial charge is 0.248 e. The van der Waals surface area contributed by atoms with E-state index in [1.165, 1.54) is 11.3 Å². The SMILES string of the molecule is NC(=O)c1ccc2nc(NC(=O)[C@H]3CC[C@@H](n4cnc5c(N)nc(Cl)nc54)CC3)sc2c1. The summed E-state index contributed by atoms with van der Waals surface area (Å²) in [4.78, 5) is 41.2. The monoisotopic (exact) mass is 470 g/mol. The van der Waals surface area contributed by atoms with E-state index in [2.05, 4.69) is 25.3 Å². The molecular weight excluding hydrogens is 452 g/mol. The van der Waals surface area contributed by atoms with Crippen LogP contribution in [0, 0.1) is 5.92 Å². The summed E-state index contributed by atoms with van der Waals surface area (Å²) in [5.74, 6) is -0.407. The molecule has 3 heterocycles. The maximum Gasteiger partial charge on any atom is 0.248 e. The molecule has 5 rings (SSSR count). The number of primary amides is 1. The zero-order chi connectivity index (χ0) is 22.4. The Hall–Kier alpha value is -3.31. The predicted octanol–water partition coefficient (Wildman–Crippen LogP) is 3.14. The van der Waals surface area contributed by atoms with E-state index in [-0.39, 0.29) is 29.0 Å². The molecule has 5 N–H and O–H groups in total. The number of benzene rings is 1. The number of anilines is 2. The van der Waals surface area contributed by atoms with Crippen LogP contribution in [-0.2, 0) is 4.79 Å². The van der Waals surface area contributed by atoms with Gasteiger partial charge < -0.3 is 21.4 Å². The van der Waals surface area contributed by atoms with E-state index in [9.17, 15) is 9.59 Å². The van der Waals surface area contributed by atoms with Gasteiger partial charge in [0.1, 0.15) is 5.52 Å². The van der Waals surface area contributed by atoms with Crippen LogP contribution in [0.15, 0.2) is 24.5 Å². The van der Waals surface area contributed by atoms with E-state index < -0.39 is 5.91 Å². The molecule has 10 nitrogen and oxygen atoms in total. The number of nitrogen functional groups attached to an aromatic ring is 1. The number of fused-ring (bicyclic) bond motifs is 2. The van der Waals surface area contributed by atoms with Crippen molar-refractivity contribution in [3.63, 3.8) is 0 Å². The minimum atomic E-state index is -0.496. The molecule has 0 radical (unpaired) electrons. The average Bonchev–Trinajstić information content (AvgIpc) is 3.36. The molecule has 0 unspecified atom stereocenters. The maximum absolute atomic E-state index is 12.8. The zero-order valence-corrected chi connectivity index (χ0v) is 18.4. The van der Waals surface area contributed by atoms with E-state index in [0.29, 0.717) is 27.4 Å². The molecule has 4 aromatic rings. The van der Waals surface area contributed by atoms with Crippen LogP contribution in [0.3, 0.4) is 0 Å². The molecule has 0 bridgehead atoms.